The Hall–Kier alpha value is -3.25. The molecule has 2 heterocycles. The van der Waals surface area contributed by atoms with Crippen LogP contribution in [-0.4, -0.2) is 60.9 Å². The molecule has 2 atom stereocenters. The van der Waals surface area contributed by atoms with Crippen LogP contribution in [0, 0.1) is 25.2 Å². The van der Waals surface area contributed by atoms with E-state index in [0.29, 0.717) is 24.8 Å². The van der Waals surface area contributed by atoms with Crippen LogP contribution in [0.3, 0.4) is 0 Å². The highest BCUT2D eigenvalue weighted by Crippen LogP contribution is 2.31. The Morgan fingerprint density at radius 2 is 1.78 bits per heavy atom. The third kappa shape index (κ3) is 10.4. The lowest BCUT2D eigenvalue weighted by Crippen LogP contribution is -2.43. The van der Waals surface area contributed by atoms with Gasteiger partial charge in [0.25, 0.3) is 10.0 Å². The van der Waals surface area contributed by atoms with Gasteiger partial charge in [-0.15, -0.1) is 12.4 Å². The van der Waals surface area contributed by atoms with E-state index in [9.17, 15) is 18.3 Å². The number of rotatable bonds is 12. The lowest BCUT2D eigenvalue weighted by atomic mass is 9.87. The van der Waals surface area contributed by atoms with Crippen molar-refractivity contribution in [3.8, 4) is 17.1 Å². The van der Waals surface area contributed by atoms with Gasteiger partial charge >= 0.3 is 5.97 Å². The topological polar surface area (TPSA) is 140 Å². The van der Waals surface area contributed by atoms with E-state index in [-0.39, 0.29) is 51.8 Å². The lowest BCUT2D eigenvalue weighted by Gasteiger charge is -2.36. The smallest absolute Gasteiger partial charge is 0.335 e. The fourth-order valence-electron chi connectivity index (χ4n) is 5.53. The van der Waals surface area contributed by atoms with Gasteiger partial charge < -0.3 is 19.9 Å². The van der Waals surface area contributed by atoms with Crippen LogP contribution >= 0.6 is 12.4 Å². The summed E-state index contributed by atoms with van der Waals surface area (Å²) in [5.41, 5.74) is 3.10. The zero-order chi connectivity index (χ0) is 33.0. The molecular formula is C34H47ClN4O6S. The molecule has 3 N–H and O–H groups in total. The van der Waals surface area contributed by atoms with Gasteiger partial charge in [0.15, 0.2) is 0 Å². The van der Waals surface area contributed by atoms with Gasteiger partial charge in [-0.3, -0.25) is 0 Å². The maximum atomic E-state index is 13.3. The van der Waals surface area contributed by atoms with E-state index in [1.165, 1.54) is 18.2 Å². The molecule has 0 amide bonds. The molecule has 0 bridgehead atoms. The first kappa shape index (κ1) is 37.2. The molecule has 0 spiro atoms. The highest BCUT2D eigenvalue weighted by atomic mass is 35.5. The Labute approximate surface area is 279 Å². The van der Waals surface area contributed by atoms with Gasteiger partial charge in [0.1, 0.15) is 6.61 Å². The zero-order valence-electron chi connectivity index (χ0n) is 27.7. The summed E-state index contributed by atoms with van der Waals surface area (Å²) in [5, 5.41) is 13.0. The van der Waals surface area contributed by atoms with Gasteiger partial charge in [-0.1, -0.05) is 45.0 Å². The molecule has 1 saturated heterocycles. The van der Waals surface area contributed by atoms with Crippen LogP contribution in [0.15, 0.2) is 53.4 Å². The monoisotopic (exact) mass is 674 g/mol. The SMILES string of the molecule is Cc1cccc(C)c1-c1cc(OC[C@@H](CC(C)(C)C)NCC2CCC(C)(C)OC2)nc(NS(=O)(=O)c2cccc(C(=O)O)c2)n1.Cl. The summed E-state index contributed by atoms with van der Waals surface area (Å²) in [6.07, 6.45) is 2.95. The van der Waals surface area contributed by atoms with E-state index in [1.807, 2.05) is 32.0 Å². The summed E-state index contributed by atoms with van der Waals surface area (Å²) in [4.78, 5) is 20.2. The largest absolute Gasteiger partial charge is 0.478 e. The molecular weight excluding hydrogens is 628 g/mol. The number of carboxylic acid groups (broad SMARTS) is 1. The molecule has 10 nitrogen and oxygen atoms in total. The number of aromatic nitrogens is 2. The van der Waals surface area contributed by atoms with Gasteiger partial charge in [0.2, 0.25) is 11.8 Å². The number of benzene rings is 2. The molecule has 3 aromatic rings. The summed E-state index contributed by atoms with van der Waals surface area (Å²) in [5.74, 6) is -0.763. The van der Waals surface area contributed by atoms with Crippen LogP contribution in [0.4, 0.5) is 5.95 Å². The highest BCUT2D eigenvalue weighted by molar-refractivity contribution is 7.92. The van der Waals surface area contributed by atoms with E-state index in [0.717, 1.165) is 48.6 Å². The Kier molecular flexibility index (Phi) is 12.2. The van der Waals surface area contributed by atoms with Crippen LogP contribution in [0.25, 0.3) is 11.3 Å². The third-order valence-corrected chi connectivity index (χ3v) is 9.23. The maximum Gasteiger partial charge on any atom is 0.335 e. The van der Waals surface area contributed by atoms with E-state index in [2.05, 4.69) is 54.6 Å². The van der Waals surface area contributed by atoms with Crippen LogP contribution in [-0.2, 0) is 14.8 Å². The number of hydrogen-bond donors (Lipinski definition) is 3. The lowest BCUT2D eigenvalue weighted by molar-refractivity contribution is -0.0764. The molecule has 12 heteroatoms. The minimum absolute atomic E-state index is 0. The summed E-state index contributed by atoms with van der Waals surface area (Å²) in [7, 11) is -4.21. The van der Waals surface area contributed by atoms with Crippen molar-refractivity contribution in [3.63, 3.8) is 0 Å². The second kappa shape index (κ2) is 15.1. The number of carbonyl (C=O) groups is 1. The van der Waals surface area contributed by atoms with Crippen LogP contribution in [0.1, 0.15) is 75.4 Å². The van der Waals surface area contributed by atoms with E-state index >= 15 is 0 Å². The molecule has 252 valence electrons. The molecule has 46 heavy (non-hydrogen) atoms. The summed E-state index contributed by atoms with van der Waals surface area (Å²) < 4.78 is 41.4. The van der Waals surface area contributed by atoms with Crippen LogP contribution < -0.4 is 14.8 Å². The van der Waals surface area contributed by atoms with Crippen molar-refractivity contribution in [3.05, 3.63) is 65.2 Å². The van der Waals surface area contributed by atoms with Gasteiger partial charge in [-0.2, -0.15) is 4.98 Å². The number of nitrogens with zero attached hydrogens (tertiary/aromatic N) is 2. The van der Waals surface area contributed by atoms with Crippen molar-refractivity contribution in [2.45, 2.75) is 84.3 Å². The second-order valence-electron chi connectivity index (χ2n) is 13.8. The maximum absolute atomic E-state index is 13.3. The molecule has 0 aliphatic carbocycles. The summed E-state index contributed by atoms with van der Waals surface area (Å²) in [6, 6.07) is 12.7. The predicted octanol–water partition coefficient (Wildman–Crippen LogP) is 6.66. The molecule has 2 aromatic carbocycles. The average Bonchev–Trinajstić information content (AvgIpc) is 2.94. The number of aryl methyl sites for hydroxylation is 2. The minimum Gasteiger partial charge on any atom is -0.478 e. The highest BCUT2D eigenvalue weighted by Gasteiger charge is 2.29. The van der Waals surface area contributed by atoms with Crippen molar-refractivity contribution < 1.29 is 27.8 Å². The fraction of sp³-hybridized carbons (Fsp3) is 0.500. The van der Waals surface area contributed by atoms with Crippen molar-refractivity contribution in [2.75, 3.05) is 24.5 Å². The molecule has 0 saturated carbocycles. The summed E-state index contributed by atoms with van der Waals surface area (Å²) in [6.45, 7) is 16.6. The number of aromatic carboxylic acids is 1. The fourth-order valence-corrected chi connectivity index (χ4v) is 6.52. The number of sulfonamides is 1. The van der Waals surface area contributed by atoms with Crippen molar-refractivity contribution in [1.29, 1.82) is 0 Å². The Balaban J connectivity index is 0.00000576. The normalized spacial score (nSPS) is 17.1. The van der Waals surface area contributed by atoms with Gasteiger partial charge in [-0.25, -0.2) is 22.9 Å². The number of nitrogens with one attached hydrogen (secondary N) is 2. The first-order valence-corrected chi connectivity index (χ1v) is 16.8. The standard InChI is InChI=1S/C34H46N4O6S.ClH/c1-22-10-8-11-23(2)30(22)28-17-29(37-32(36-28)38-45(41,42)27-13-9-12-25(16-27)31(39)40)43-21-26(18-33(3,4)5)35-19-24-14-15-34(6,7)44-20-24;/h8-13,16-17,24,26,35H,14-15,18-21H2,1-7H3,(H,39,40)(H,36,37,38);1H/t24?,26-;/m1./s1. The molecule has 4 rings (SSSR count). The number of hydrogen-bond acceptors (Lipinski definition) is 8. The Morgan fingerprint density at radius 3 is 2.39 bits per heavy atom. The van der Waals surface area contributed by atoms with Crippen molar-refractivity contribution in [1.82, 2.24) is 15.3 Å². The third-order valence-electron chi connectivity index (χ3n) is 7.91. The molecule has 1 unspecified atom stereocenters. The van der Waals surface area contributed by atoms with Crippen LogP contribution in [0.2, 0.25) is 0 Å². The van der Waals surface area contributed by atoms with E-state index in [4.69, 9.17) is 9.47 Å². The van der Waals surface area contributed by atoms with Crippen LogP contribution in [0.5, 0.6) is 5.88 Å². The van der Waals surface area contributed by atoms with Gasteiger partial charge in [-0.05, 0) is 87.6 Å². The summed E-state index contributed by atoms with van der Waals surface area (Å²) >= 11 is 0. The second-order valence-corrected chi connectivity index (χ2v) is 15.5. The quantitative estimate of drug-likeness (QED) is 0.192. The molecule has 1 aliphatic heterocycles. The van der Waals surface area contributed by atoms with Crippen molar-refractivity contribution in [2.24, 2.45) is 11.3 Å². The molecule has 1 aromatic heterocycles. The van der Waals surface area contributed by atoms with Gasteiger partial charge in [0.05, 0.1) is 28.4 Å². The number of anilines is 1. The zero-order valence-corrected chi connectivity index (χ0v) is 29.3. The Morgan fingerprint density at radius 1 is 1.11 bits per heavy atom. The predicted molar refractivity (Wildman–Crippen MR) is 183 cm³/mol. The Bertz CT molecular complexity index is 1590. The number of halogens is 1. The molecule has 0 radical (unpaired) electrons. The molecule has 1 aliphatic rings. The molecule has 1 fully saturated rings. The first-order chi connectivity index (χ1) is 21.0. The number of ether oxygens (including phenoxy) is 2. The van der Waals surface area contributed by atoms with Crippen molar-refractivity contribution >= 4 is 34.3 Å². The van der Waals surface area contributed by atoms with E-state index < -0.39 is 16.0 Å². The first-order valence-electron chi connectivity index (χ1n) is 15.3. The minimum atomic E-state index is -4.21. The van der Waals surface area contributed by atoms with E-state index in [1.54, 1.807) is 6.07 Å². The average molecular weight is 675 g/mol. The number of carboxylic acids is 1. The van der Waals surface area contributed by atoms with Gasteiger partial charge in [0, 0.05) is 24.2 Å².